The van der Waals surface area contributed by atoms with Crippen LogP contribution in [0.3, 0.4) is 0 Å². The fraction of sp³-hybridized carbons (Fsp3) is 0.222. The number of halogens is 2. The number of amides is 1. The Morgan fingerprint density at radius 3 is 2.72 bits per heavy atom. The topological polar surface area (TPSA) is 65.4 Å². The van der Waals surface area contributed by atoms with Gasteiger partial charge in [-0.3, -0.25) is 4.79 Å². The van der Waals surface area contributed by atoms with Crippen molar-refractivity contribution in [2.75, 3.05) is 30.4 Å². The van der Waals surface area contributed by atoms with E-state index >= 15 is 0 Å². The number of anilines is 2. The minimum atomic E-state index is -0.548. The first-order valence-corrected chi connectivity index (χ1v) is 7.56. The van der Waals surface area contributed by atoms with E-state index in [4.69, 9.17) is 10.00 Å². The van der Waals surface area contributed by atoms with Crippen molar-refractivity contribution in [3.8, 4) is 11.8 Å². The molecule has 0 spiro atoms. The standard InChI is InChI=1S/C18H17F2N3O2/c1-25-17-11-13(19)7-8-15(17)22-12-18(24)23(10-4-9-21)16-6-3-2-5-14(16)20/h2-3,5-8,11,22H,4,10,12H2,1H3. The number of rotatable bonds is 7. The number of ether oxygens (including phenoxy) is 1. The van der Waals surface area contributed by atoms with Crippen LogP contribution in [0.4, 0.5) is 20.2 Å². The van der Waals surface area contributed by atoms with Gasteiger partial charge < -0.3 is 15.0 Å². The van der Waals surface area contributed by atoms with Gasteiger partial charge in [-0.25, -0.2) is 8.78 Å². The molecule has 0 aromatic heterocycles. The highest BCUT2D eigenvalue weighted by Gasteiger charge is 2.19. The van der Waals surface area contributed by atoms with Crippen molar-refractivity contribution in [2.45, 2.75) is 6.42 Å². The van der Waals surface area contributed by atoms with E-state index in [-0.39, 0.29) is 30.9 Å². The van der Waals surface area contributed by atoms with Gasteiger partial charge in [0.2, 0.25) is 5.91 Å². The molecule has 0 saturated heterocycles. The maximum atomic E-state index is 14.0. The van der Waals surface area contributed by atoms with Crippen LogP contribution in [-0.4, -0.2) is 26.1 Å². The van der Waals surface area contributed by atoms with Crippen molar-refractivity contribution in [3.63, 3.8) is 0 Å². The summed E-state index contributed by atoms with van der Waals surface area (Å²) in [5, 5.41) is 11.6. The summed E-state index contributed by atoms with van der Waals surface area (Å²) >= 11 is 0. The van der Waals surface area contributed by atoms with Crippen LogP contribution in [-0.2, 0) is 4.79 Å². The Hall–Kier alpha value is -3.14. The zero-order valence-corrected chi connectivity index (χ0v) is 13.6. The van der Waals surface area contributed by atoms with E-state index in [0.29, 0.717) is 5.69 Å². The number of nitrogens with zero attached hydrogens (tertiary/aromatic N) is 2. The number of nitrogens with one attached hydrogen (secondary N) is 1. The average molecular weight is 345 g/mol. The number of benzene rings is 2. The molecule has 25 heavy (non-hydrogen) atoms. The molecule has 2 aromatic carbocycles. The van der Waals surface area contributed by atoms with Gasteiger partial charge in [0, 0.05) is 12.6 Å². The SMILES string of the molecule is COc1cc(F)ccc1NCC(=O)N(CCC#N)c1ccccc1F. The number of nitriles is 1. The summed E-state index contributed by atoms with van der Waals surface area (Å²) in [7, 11) is 1.39. The van der Waals surface area contributed by atoms with Gasteiger partial charge in [-0.05, 0) is 24.3 Å². The molecule has 0 atom stereocenters. The van der Waals surface area contributed by atoms with E-state index in [9.17, 15) is 13.6 Å². The van der Waals surface area contributed by atoms with Gasteiger partial charge in [-0.1, -0.05) is 12.1 Å². The molecule has 2 aromatic rings. The van der Waals surface area contributed by atoms with Gasteiger partial charge in [-0.2, -0.15) is 5.26 Å². The molecule has 1 amide bonds. The molecular weight excluding hydrogens is 328 g/mol. The summed E-state index contributed by atoms with van der Waals surface area (Å²) in [6, 6.07) is 11.7. The Bertz CT molecular complexity index is 790. The molecule has 0 bridgehead atoms. The summed E-state index contributed by atoms with van der Waals surface area (Å²) in [6.07, 6.45) is 0.0694. The second-order valence-corrected chi connectivity index (χ2v) is 5.10. The highest BCUT2D eigenvalue weighted by Crippen LogP contribution is 2.25. The van der Waals surface area contributed by atoms with Crippen molar-refractivity contribution in [2.24, 2.45) is 0 Å². The van der Waals surface area contributed by atoms with Crippen LogP contribution >= 0.6 is 0 Å². The van der Waals surface area contributed by atoms with E-state index in [2.05, 4.69) is 5.32 Å². The molecule has 2 rings (SSSR count). The van der Waals surface area contributed by atoms with E-state index in [1.54, 1.807) is 6.07 Å². The Kier molecular flexibility index (Phi) is 6.29. The predicted octanol–water partition coefficient (Wildman–Crippen LogP) is 3.33. The first-order valence-electron chi connectivity index (χ1n) is 7.56. The minimum absolute atomic E-state index is 0.0680. The molecule has 130 valence electrons. The molecule has 0 fully saturated rings. The highest BCUT2D eigenvalue weighted by atomic mass is 19.1. The summed E-state index contributed by atoms with van der Waals surface area (Å²) < 4.78 is 32.3. The summed E-state index contributed by atoms with van der Waals surface area (Å²) in [4.78, 5) is 13.7. The molecule has 0 saturated carbocycles. The number of hydrogen-bond donors (Lipinski definition) is 1. The third-order valence-electron chi connectivity index (χ3n) is 3.49. The lowest BCUT2D eigenvalue weighted by Crippen LogP contribution is -2.37. The van der Waals surface area contributed by atoms with Crippen LogP contribution in [0.1, 0.15) is 6.42 Å². The van der Waals surface area contributed by atoms with Gasteiger partial charge in [0.15, 0.2) is 0 Å². The van der Waals surface area contributed by atoms with E-state index in [1.807, 2.05) is 6.07 Å². The Morgan fingerprint density at radius 1 is 1.28 bits per heavy atom. The van der Waals surface area contributed by atoms with Crippen molar-refractivity contribution in [3.05, 3.63) is 54.1 Å². The number of carbonyl (C=O) groups excluding carboxylic acids is 1. The van der Waals surface area contributed by atoms with Crippen molar-refractivity contribution in [1.29, 1.82) is 5.26 Å². The summed E-state index contributed by atoms with van der Waals surface area (Å²) in [6.45, 7) is -0.0970. The maximum Gasteiger partial charge on any atom is 0.246 e. The van der Waals surface area contributed by atoms with Crippen LogP contribution in [0.5, 0.6) is 5.75 Å². The van der Waals surface area contributed by atoms with Crippen LogP contribution < -0.4 is 15.0 Å². The van der Waals surface area contributed by atoms with Gasteiger partial charge in [-0.15, -0.1) is 0 Å². The smallest absolute Gasteiger partial charge is 0.246 e. The zero-order chi connectivity index (χ0) is 18.2. The quantitative estimate of drug-likeness (QED) is 0.836. The van der Waals surface area contributed by atoms with Gasteiger partial charge in [0.1, 0.15) is 17.4 Å². The normalized spacial score (nSPS) is 10.0. The predicted molar refractivity (Wildman–Crippen MR) is 90.4 cm³/mol. The molecule has 0 heterocycles. The third-order valence-corrected chi connectivity index (χ3v) is 3.49. The number of hydrogen-bond acceptors (Lipinski definition) is 4. The van der Waals surface area contributed by atoms with Gasteiger partial charge >= 0.3 is 0 Å². The molecule has 0 aliphatic rings. The number of carbonyl (C=O) groups is 1. The van der Waals surface area contributed by atoms with Crippen LogP contribution in [0.15, 0.2) is 42.5 Å². The van der Waals surface area contributed by atoms with E-state index in [0.717, 1.165) is 0 Å². The first kappa shape index (κ1) is 18.2. The Morgan fingerprint density at radius 2 is 2.04 bits per heavy atom. The van der Waals surface area contributed by atoms with E-state index in [1.165, 1.54) is 48.4 Å². The molecule has 5 nitrogen and oxygen atoms in total. The van der Waals surface area contributed by atoms with Crippen molar-refractivity contribution >= 4 is 17.3 Å². The first-order chi connectivity index (χ1) is 12.1. The highest BCUT2D eigenvalue weighted by molar-refractivity contribution is 5.96. The maximum absolute atomic E-state index is 14.0. The fourth-order valence-corrected chi connectivity index (χ4v) is 2.29. The van der Waals surface area contributed by atoms with Gasteiger partial charge in [0.05, 0.1) is 37.5 Å². The van der Waals surface area contributed by atoms with Crippen LogP contribution in [0, 0.1) is 23.0 Å². The Balaban J connectivity index is 2.15. The lowest BCUT2D eigenvalue weighted by Gasteiger charge is -2.23. The fourth-order valence-electron chi connectivity index (χ4n) is 2.29. The second kappa shape index (κ2) is 8.64. The molecule has 0 unspecified atom stereocenters. The second-order valence-electron chi connectivity index (χ2n) is 5.10. The molecule has 7 heteroatoms. The zero-order valence-electron chi connectivity index (χ0n) is 13.6. The molecule has 0 radical (unpaired) electrons. The lowest BCUT2D eigenvalue weighted by molar-refractivity contribution is -0.117. The summed E-state index contributed by atoms with van der Waals surface area (Å²) in [5.41, 5.74) is 0.543. The van der Waals surface area contributed by atoms with Crippen LogP contribution in [0.2, 0.25) is 0 Å². The molecule has 1 N–H and O–H groups in total. The van der Waals surface area contributed by atoms with Crippen molar-refractivity contribution in [1.82, 2.24) is 0 Å². The monoisotopic (exact) mass is 345 g/mol. The van der Waals surface area contributed by atoms with Crippen molar-refractivity contribution < 1.29 is 18.3 Å². The number of methoxy groups -OCH3 is 1. The molecular formula is C18H17F2N3O2. The van der Waals surface area contributed by atoms with Gasteiger partial charge in [0.25, 0.3) is 0 Å². The molecule has 0 aliphatic carbocycles. The lowest BCUT2D eigenvalue weighted by atomic mass is 10.2. The van der Waals surface area contributed by atoms with Crippen LogP contribution in [0.25, 0.3) is 0 Å². The third kappa shape index (κ3) is 4.67. The summed E-state index contributed by atoms with van der Waals surface area (Å²) in [5.74, 6) is -1.18. The molecule has 0 aliphatic heterocycles. The average Bonchev–Trinajstić information content (AvgIpc) is 2.62. The largest absolute Gasteiger partial charge is 0.494 e. The number of para-hydroxylation sites is 1. The minimum Gasteiger partial charge on any atom is -0.494 e. The van der Waals surface area contributed by atoms with E-state index < -0.39 is 17.5 Å². The Labute approximate surface area is 144 Å².